The highest BCUT2D eigenvalue weighted by Gasteiger charge is 2.06. The summed E-state index contributed by atoms with van der Waals surface area (Å²) in [6.07, 6.45) is 6.21. The minimum absolute atomic E-state index is 0.0780. The molecule has 0 aliphatic rings. The first-order valence-electron chi connectivity index (χ1n) is 4.31. The molecule has 0 spiro atoms. The summed E-state index contributed by atoms with van der Waals surface area (Å²) < 4.78 is 0. The summed E-state index contributed by atoms with van der Waals surface area (Å²) in [5.74, 6) is -0.126. The molecular formula is C10H16O3. The summed E-state index contributed by atoms with van der Waals surface area (Å²) in [6.45, 7) is 1.77. The Morgan fingerprint density at radius 1 is 1.46 bits per heavy atom. The third kappa shape index (κ3) is 7.43. The molecule has 13 heavy (non-hydrogen) atoms. The smallest absolute Gasteiger partial charge is 0.158 e. The first-order chi connectivity index (χ1) is 6.20. The van der Waals surface area contributed by atoms with Gasteiger partial charge in [0.25, 0.3) is 0 Å². The van der Waals surface area contributed by atoms with Crippen LogP contribution < -0.4 is 0 Å². The van der Waals surface area contributed by atoms with Gasteiger partial charge in [0.1, 0.15) is 0 Å². The summed E-state index contributed by atoms with van der Waals surface area (Å²) in [5.41, 5.74) is 0. The number of hydrogen-bond acceptors (Lipinski definition) is 3. The fourth-order valence-electron chi connectivity index (χ4n) is 0.825. The van der Waals surface area contributed by atoms with Crippen molar-refractivity contribution in [1.82, 2.24) is 0 Å². The molecule has 0 bridgehead atoms. The molecule has 3 nitrogen and oxygen atoms in total. The Morgan fingerprint density at radius 2 is 2.15 bits per heavy atom. The minimum atomic E-state index is -0.729. The Labute approximate surface area is 78.4 Å². The predicted molar refractivity (Wildman–Crippen MR) is 51.3 cm³/mol. The van der Waals surface area contributed by atoms with Gasteiger partial charge in [-0.05, 0) is 19.4 Å². The summed E-state index contributed by atoms with van der Waals surface area (Å²) >= 11 is 0. The second-order valence-corrected chi connectivity index (χ2v) is 2.72. The Hall–Kier alpha value is -0.930. The van der Waals surface area contributed by atoms with E-state index in [0.717, 1.165) is 0 Å². The third-order valence-electron chi connectivity index (χ3n) is 1.48. The van der Waals surface area contributed by atoms with Gasteiger partial charge >= 0.3 is 0 Å². The van der Waals surface area contributed by atoms with Crippen LogP contribution in [0.3, 0.4) is 0 Å². The maximum absolute atomic E-state index is 11.0. The number of aliphatic hydroxyl groups is 2. The zero-order valence-corrected chi connectivity index (χ0v) is 7.81. The van der Waals surface area contributed by atoms with E-state index in [1.807, 2.05) is 13.0 Å². The van der Waals surface area contributed by atoms with Crippen LogP contribution in [0.2, 0.25) is 0 Å². The molecule has 0 fully saturated rings. The van der Waals surface area contributed by atoms with Crippen molar-refractivity contribution in [2.24, 2.45) is 0 Å². The van der Waals surface area contributed by atoms with Crippen molar-refractivity contribution in [3.8, 4) is 0 Å². The molecule has 0 heterocycles. The van der Waals surface area contributed by atoms with Gasteiger partial charge in [-0.25, -0.2) is 0 Å². The molecule has 0 rings (SSSR count). The zero-order valence-electron chi connectivity index (χ0n) is 7.81. The molecule has 0 aromatic rings. The van der Waals surface area contributed by atoms with Gasteiger partial charge in [-0.2, -0.15) is 0 Å². The number of rotatable bonds is 6. The Morgan fingerprint density at radius 3 is 2.69 bits per heavy atom. The summed E-state index contributed by atoms with van der Waals surface area (Å²) in [6, 6.07) is 0. The third-order valence-corrected chi connectivity index (χ3v) is 1.48. The molecule has 2 N–H and O–H groups in total. The number of aliphatic hydroxyl groups excluding tert-OH is 2. The van der Waals surface area contributed by atoms with Crippen molar-refractivity contribution in [2.75, 3.05) is 6.61 Å². The summed E-state index contributed by atoms with van der Waals surface area (Å²) in [4.78, 5) is 11.0. The molecule has 0 aromatic heterocycles. The summed E-state index contributed by atoms with van der Waals surface area (Å²) in [7, 11) is 0. The van der Waals surface area contributed by atoms with Crippen LogP contribution in [0, 0.1) is 0 Å². The van der Waals surface area contributed by atoms with Gasteiger partial charge in [0.15, 0.2) is 5.78 Å². The van der Waals surface area contributed by atoms with Crippen molar-refractivity contribution in [1.29, 1.82) is 0 Å². The average molecular weight is 184 g/mol. The van der Waals surface area contributed by atoms with E-state index in [1.54, 1.807) is 12.2 Å². The van der Waals surface area contributed by atoms with Crippen molar-refractivity contribution in [2.45, 2.75) is 25.9 Å². The van der Waals surface area contributed by atoms with Crippen molar-refractivity contribution >= 4 is 5.78 Å². The molecule has 1 unspecified atom stereocenters. The number of carbonyl (C=O) groups excluding carboxylic acids is 1. The van der Waals surface area contributed by atoms with Crippen LogP contribution in [0.4, 0.5) is 0 Å². The van der Waals surface area contributed by atoms with E-state index in [9.17, 15) is 4.79 Å². The van der Waals surface area contributed by atoms with Gasteiger partial charge in [-0.1, -0.05) is 18.2 Å². The van der Waals surface area contributed by atoms with Gasteiger partial charge in [-0.15, -0.1) is 0 Å². The van der Waals surface area contributed by atoms with Crippen molar-refractivity contribution in [3.05, 3.63) is 24.3 Å². The zero-order chi connectivity index (χ0) is 10.1. The van der Waals surface area contributed by atoms with E-state index in [0.29, 0.717) is 0 Å². The fourth-order valence-corrected chi connectivity index (χ4v) is 0.825. The maximum Gasteiger partial charge on any atom is 0.158 e. The van der Waals surface area contributed by atoms with Crippen LogP contribution in [0.25, 0.3) is 0 Å². The van der Waals surface area contributed by atoms with Crippen LogP contribution in [0.1, 0.15) is 19.8 Å². The van der Waals surface area contributed by atoms with E-state index in [-0.39, 0.29) is 25.2 Å². The number of allylic oxidation sites excluding steroid dienone is 4. The average Bonchev–Trinajstić information content (AvgIpc) is 2.05. The van der Waals surface area contributed by atoms with Crippen LogP contribution in [-0.4, -0.2) is 28.7 Å². The van der Waals surface area contributed by atoms with Gasteiger partial charge in [0, 0.05) is 13.0 Å². The van der Waals surface area contributed by atoms with Gasteiger partial charge in [-0.3, -0.25) is 4.79 Å². The van der Waals surface area contributed by atoms with Gasteiger partial charge in [0.05, 0.1) is 6.10 Å². The van der Waals surface area contributed by atoms with Crippen LogP contribution in [0.15, 0.2) is 24.3 Å². The minimum Gasteiger partial charge on any atom is -0.396 e. The number of hydrogen-bond donors (Lipinski definition) is 2. The lowest BCUT2D eigenvalue weighted by Crippen LogP contribution is -2.13. The molecule has 0 radical (unpaired) electrons. The second-order valence-electron chi connectivity index (χ2n) is 2.72. The van der Waals surface area contributed by atoms with Crippen LogP contribution in [0.5, 0.6) is 0 Å². The largest absolute Gasteiger partial charge is 0.396 e. The second kappa shape index (κ2) is 7.71. The van der Waals surface area contributed by atoms with E-state index < -0.39 is 6.10 Å². The topological polar surface area (TPSA) is 57.5 Å². The molecule has 3 heteroatoms. The normalized spacial score (nSPS) is 14.1. The fraction of sp³-hybridized carbons (Fsp3) is 0.500. The van der Waals surface area contributed by atoms with E-state index >= 15 is 0 Å². The highest BCUT2D eigenvalue weighted by Crippen LogP contribution is 1.98. The van der Waals surface area contributed by atoms with Crippen LogP contribution >= 0.6 is 0 Å². The monoisotopic (exact) mass is 184 g/mol. The lowest BCUT2D eigenvalue weighted by atomic mass is 10.1. The molecule has 0 saturated heterocycles. The van der Waals surface area contributed by atoms with Crippen molar-refractivity contribution in [3.63, 3.8) is 0 Å². The number of carbonyl (C=O) groups is 1. The Kier molecular flexibility index (Phi) is 7.15. The Bertz CT molecular complexity index is 194. The molecule has 74 valence electrons. The quantitative estimate of drug-likeness (QED) is 0.474. The van der Waals surface area contributed by atoms with Gasteiger partial charge in [0.2, 0.25) is 0 Å². The molecule has 0 aliphatic carbocycles. The Balaban J connectivity index is 3.73. The van der Waals surface area contributed by atoms with Gasteiger partial charge < -0.3 is 10.2 Å². The predicted octanol–water partition coefficient (Wildman–Crippen LogP) is 0.821. The molecule has 1 atom stereocenters. The SMILES string of the molecule is CC=CC=CC(=O)CC(O)CCO. The molecular weight excluding hydrogens is 168 g/mol. The highest BCUT2D eigenvalue weighted by molar-refractivity contribution is 5.90. The first kappa shape index (κ1) is 12.1. The lowest BCUT2D eigenvalue weighted by Gasteiger charge is -2.04. The van der Waals surface area contributed by atoms with Crippen molar-refractivity contribution < 1.29 is 15.0 Å². The van der Waals surface area contributed by atoms with E-state index in [2.05, 4.69) is 0 Å². The molecule has 0 amide bonds. The molecule has 0 aliphatic heterocycles. The molecule has 0 saturated carbocycles. The first-order valence-corrected chi connectivity index (χ1v) is 4.31. The van der Waals surface area contributed by atoms with Crippen LogP contribution in [-0.2, 0) is 4.79 Å². The van der Waals surface area contributed by atoms with E-state index in [4.69, 9.17) is 10.2 Å². The molecule has 0 aromatic carbocycles. The summed E-state index contributed by atoms with van der Waals surface area (Å²) in [5, 5.41) is 17.6. The standard InChI is InChI=1S/C10H16O3/c1-2-3-4-5-9(12)8-10(13)6-7-11/h2-5,10-11,13H,6-8H2,1H3. The lowest BCUT2D eigenvalue weighted by molar-refractivity contribution is -0.116. The maximum atomic E-state index is 11.0. The highest BCUT2D eigenvalue weighted by atomic mass is 16.3. The number of ketones is 1. The van der Waals surface area contributed by atoms with E-state index in [1.165, 1.54) is 6.08 Å².